The van der Waals surface area contributed by atoms with Gasteiger partial charge in [-0.2, -0.15) is 18.3 Å². The number of rotatable bonds is 4. The fourth-order valence-corrected chi connectivity index (χ4v) is 3.08. The Balaban J connectivity index is 1.98. The van der Waals surface area contributed by atoms with Gasteiger partial charge in [-0.3, -0.25) is 9.67 Å². The Labute approximate surface area is 141 Å². The van der Waals surface area contributed by atoms with E-state index in [4.69, 9.17) is 0 Å². The van der Waals surface area contributed by atoms with Crippen LogP contribution in [0.25, 0.3) is 0 Å². The molecule has 0 saturated heterocycles. The van der Waals surface area contributed by atoms with E-state index < -0.39 is 11.9 Å². The summed E-state index contributed by atoms with van der Waals surface area (Å²) in [4.78, 5) is 9.42. The maximum atomic E-state index is 12.9. The van der Waals surface area contributed by atoms with Crippen molar-refractivity contribution in [2.75, 3.05) is 7.05 Å². The first kappa shape index (κ1) is 18.2. The third-order valence-corrected chi connectivity index (χ3v) is 4.33. The minimum atomic E-state index is -4.48. The molecule has 24 heavy (non-hydrogen) atoms. The van der Waals surface area contributed by atoms with E-state index in [9.17, 15) is 13.2 Å². The van der Waals surface area contributed by atoms with Crippen LogP contribution < -0.4 is 10.6 Å². The van der Waals surface area contributed by atoms with Crippen LogP contribution in [-0.2, 0) is 26.3 Å². The predicted octanol–water partition coefficient (Wildman–Crippen LogP) is 2.38. The molecule has 0 amide bonds. The summed E-state index contributed by atoms with van der Waals surface area (Å²) in [5.41, 5.74) is 0.117. The average molecular weight is 360 g/mol. The minimum Gasteiger partial charge on any atom is -0.352 e. The zero-order chi connectivity index (χ0) is 17.9. The highest BCUT2D eigenvalue weighted by Crippen LogP contribution is 2.30. The van der Waals surface area contributed by atoms with Gasteiger partial charge in [0.1, 0.15) is 0 Å². The summed E-state index contributed by atoms with van der Waals surface area (Å²) < 4.78 is 39.9. The SMILES string of the molecule is CN=C(NCc1cn(C)nc1C(F)(F)F)NCc1sc(C)nc1C. The average Bonchev–Trinajstić information content (AvgIpc) is 3.01. The molecule has 0 atom stereocenters. The normalized spacial score (nSPS) is 12.5. The molecule has 2 rings (SSSR count). The van der Waals surface area contributed by atoms with Gasteiger partial charge in [-0.1, -0.05) is 0 Å². The van der Waals surface area contributed by atoms with Crippen LogP contribution in [0.4, 0.5) is 13.2 Å². The van der Waals surface area contributed by atoms with E-state index in [1.54, 1.807) is 18.4 Å². The molecule has 0 aliphatic heterocycles. The molecule has 0 fully saturated rings. The molecule has 2 aromatic heterocycles. The number of aryl methyl sites for hydroxylation is 3. The van der Waals surface area contributed by atoms with Crippen molar-refractivity contribution in [1.29, 1.82) is 0 Å². The van der Waals surface area contributed by atoms with Crippen molar-refractivity contribution in [3.05, 3.63) is 33.0 Å². The monoisotopic (exact) mass is 360 g/mol. The Morgan fingerprint density at radius 3 is 2.50 bits per heavy atom. The molecule has 2 N–H and O–H groups in total. The Kier molecular flexibility index (Phi) is 5.47. The topological polar surface area (TPSA) is 67.1 Å². The first-order chi connectivity index (χ1) is 11.2. The molecule has 0 unspecified atom stereocenters. The van der Waals surface area contributed by atoms with Gasteiger partial charge in [-0.25, -0.2) is 4.98 Å². The van der Waals surface area contributed by atoms with Gasteiger partial charge in [0, 0.05) is 37.3 Å². The van der Waals surface area contributed by atoms with Crippen LogP contribution in [0, 0.1) is 13.8 Å². The molecule has 0 saturated carbocycles. The van der Waals surface area contributed by atoms with Crippen LogP contribution in [0.15, 0.2) is 11.2 Å². The highest BCUT2D eigenvalue weighted by atomic mass is 32.1. The molecular formula is C14H19F3N6S. The van der Waals surface area contributed by atoms with Gasteiger partial charge in [-0.15, -0.1) is 11.3 Å². The van der Waals surface area contributed by atoms with Crippen molar-refractivity contribution >= 4 is 17.3 Å². The molecule has 0 aliphatic carbocycles. The maximum Gasteiger partial charge on any atom is 0.435 e. The van der Waals surface area contributed by atoms with E-state index in [0.717, 1.165) is 20.3 Å². The van der Waals surface area contributed by atoms with Gasteiger partial charge in [-0.05, 0) is 13.8 Å². The standard InChI is InChI=1S/C14H19F3N6S/c1-8-11(24-9(2)21-8)6-20-13(18-3)19-5-10-7-23(4)22-12(10)14(15,16)17/h7H,5-6H2,1-4H3,(H2,18,19,20). The quantitative estimate of drug-likeness (QED) is 0.649. The number of halogens is 3. The van der Waals surface area contributed by atoms with Crippen molar-refractivity contribution in [3.8, 4) is 0 Å². The van der Waals surface area contributed by atoms with Crippen LogP contribution in [0.2, 0.25) is 0 Å². The lowest BCUT2D eigenvalue weighted by atomic mass is 10.2. The van der Waals surface area contributed by atoms with Gasteiger partial charge in [0.05, 0.1) is 17.2 Å². The van der Waals surface area contributed by atoms with Gasteiger partial charge >= 0.3 is 6.18 Å². The number of aromatic nitrogens is 3. The number of nitrogens with zero attached hydrogens (tertiary/aromatic N) is 4. The van der Waals surface area contributed by atoms with E-state index in [2.05, 4.69) is 25.7 Å². The number of nitrogens with one attached hydrogen (secondary N) is 2. The molecule has 0 aliphatic rings. The second kappa shape index (κ2) is 7.20. The maximum absolute atomic E-state index is 12.9. The Morgan fingerprint density at radius 1 is 1.29 bits per heavy atom. The van der Waals surface area contributed by atoms with Gasteiger partial charge in [0.15, 0.2) is 11.7 Å². The summed E-state index contributed by atoms with van der Waals surface area (Å²) in [6, 6.07) is 0. The Bertz CT molecular complexity index is 731. The largest absolute Gasteiger partial charge is 0.435 e. The lowest BCUT2D eigenvalue weighted by molar-refractivity contribution is -0.142. The molecule has 132 valence electrons. The van der Waals surface area contributed by atoms with Crippen molar-refractivity contribution < 1.29 is 13.2 Å². The van der Waals surface area contributed by atoms with E-state index >= 15 is 0 Å². The van der Waals surface area contributed by atoms with Crippen molar-refractivity contribution in [3.63, 3.8) is 0 Å². The summed E-state index contributed by atoms with van der Waals surface area (Å²) in [5.74, 6) is 0.414. The van der Waals surface area contributed by atoms with E-state index in [0.29, 0.717) is 12.5 Å². The molecule has 0 spiro atoms. The second-order valence-electron chi connectivity index (χ2n) is 5.20. The summed E-state index contributed by atoms with van der Waals surface area (Å²) >= 11 is 1.57. The predicted molar refractivity (Wildman–Crippen MR) is 86.8 cm³/mol. The van der Waals surface area contributed by atoms with Gasteiger partial charge in [0.2, 0.25) is 0 Å². The second-order valence-corrected chi connectivity index (χ2v) is 6.48. The zero-order valence-electron chi connectivity index (χ0n) is 13.8. The number of thiazole rings is 1. The first-order valence-corrected chi connectivity index (χ1v) is 7.99. The summed E-state index contributed by atoms with van der Waals surface area (Å²) in [6.45, 7) is 4.33. The summed E-state index contributed by atoms with van der Waals surface area (Å²) in [5, 5.41) is 10.4. The van der Waals surface area contributed by atoms with Crippen molar-refractivity contribution in [2.45, 2.75) is 33.1 Å². The van der Waals surface area contributed by atoms with E-state index in [1.165, 1.54) is 13.2 Å². The third-order valence-electron chi connectivity index (χ3n) is 3.26. The molecule has 6 nitrogen and oxygen atoms in total. The Morgan fingerprint density at radius 2 is 1.96 bits per heavy atom. The Hall–Kier alpha value is -2.10. The van der Waals surface area contributed by atoms with Crippen LogP contribution in [0.3, 0.4) is 0 Å². The number of hydrogen-bond donors (Lipinski definition) is 2. The molecule has 2 aromatic rings. The van der Waals surface area contributed by atoms with Crippen LogP contribution >= 0.6 is 11.3 Å². The number of alkyl halides is 3. The zero-order valence-corrected chi connectivity index (χ0v) is 14.6. The number of hydrogen-bond acceptors (Lipinski definition) is 4. The van der Waals surface area contributed by atoms with Gasteiger partial charge < -0.3 is 10.6 Å². The summed E-state index contributed by atoms with van der Waals surface area (Å²) in [6.07, 6.45) is -3.13. The van der Waals surface area contributed by atoms with Crippen LogP contribution in [-0.4, -0.2) is 27.8 Å². The molecule has 0 aromatic carbocycles. The number of aliphatic imine (C=N–C) groups is 1. The molecule has 0 radical (unpaired) electrons. The molecule has 2 heterocycles. The third kappa shape index (κ3) is 4.47. The smallest absolute Gasteiger partial charge is 0.352 e. The van der Waals surface area contributed by atoms with E-state index in [1.807, 2.05) is 13.8 Å². The lowest BCUT2D eigenvalue weighted by Gasteiger charge is -2.12. The first-order valence-electron chi connectivity index (χ1n) is 7.18. The molecule has 0 bridgehead atoms. The highest BCUT2D eigenvalue weighted by molar-refractivity contribution is 7.11. The van der Waals surface area contributed by atoms with Crippen molar-refractivity contribution in [1.82, 2.24) is 25.4 Å². The van der Waals surface area contributed by atoms with E-state index in [-0.39, 0.29) is 12.1 Å². The lowest BCUT2D eigenvalue weighted by Crippen LogP contribution is -2.36. The van der Waals surface area contributed by atoms with Crippen molar-refractivity contribution in [2.24, 2.45) is 12.0 Å². The number of guanidine groups is 1. The molecular weight excluding hydrogens is 341 g/mol. The summed E-state index contributed by atoms with van der Waals surface area (Å²) in [7, 11) is 3.02. The minimum absolute atomic E-state index is 0.0247. The van der Waals surface area contributed by atoms with Crippen LogP contribution in [0.1, 0.15) is 26.8 Å². The fourth-order valence-electron chi connectivity index (χ4n) is 2.21. The fraction of sp³-hybridized carbons (Fsp3) is 0.500. The molecule has 10 heteroatoms. The van der Waals surface area contributed by atoms with Gasteiger partial charge in [0.25, 0.3) is 0 Å². The highest BCUT2D eigenvalue weighted by Gasteiger charge is 2.36. The van der Waals surface area contributed by atoms with Crippen LogP contribution in [0.5, 0.6) is 0 Å².